The molecule has 0 aliphatic heterocycles. The monoisotopic (exact) mass is 263 g/mol. The highest BCUT2D eigenvalue weighted by Gasteiger charge is 2.01. The van der Waals surface area contributed by atoms with E-state index in [9.17, 15) is 9.59 Å². The van der Waals surface area contributed by atoms with Gasteiger partial charge < -0.3 is 16.0 Å². The Morgan fingerprint density at radius 3 is 2.21 bits per heavy atom. The van der Waals surface area contributed by atoms with Gasteiger partial charge in [-0.15, -0.1) is 0 Å². The van der Waals surface area contributed by atoms with Gasteiger partial charge in [-0.2, -0.15) is 0 Å². The van der Waals surface area contributed by atoms with Crippen LogP contribution in [0.2, 0.25) is 0 Å². The molecule has 0 atom stereocenters. The van der Waals surface area contributed by atoms with Crippen molar-refractivity contribution in [3.8, 4) is 0 Å². The molecule has 0 radical (unpaired) electrons. The van der Waals surface area contributed by atoms with Gasteiger partial charge in [0.15, 0.2) is 0 Å². The maximum Gasteiger partial charge on any atom is 0.239 e. The average Bonchev–Trinajstić information content (AvgIpc) is 2.44. The van der Waals surface area contributed by atoms with Crippen LogP contribution in [0.5, 0.6) is 0 Å². The lowest BCUT2D eigenvalue weighted by atomic mass is 10.2. The summed E-state index contributed by atoms with van der Waals surface area (Å²) < 4.78 is 0. The second-order valence-corrected chi connectivity index (χ2v) is 4.18. The molecule has 0 aliphatic rings. The topological polar surface area (TPSA) is 70.2 Å². The largest absolute Gasteiger partial charge is 0.376 e. The van der Waals surface area contributed by atoms with Crippen molar-refractivity contribution in [2.45, 2.75) is 26.7 Å². The smallest absolute Gasteiger partial charge is 0.239 e. The summed E-state index contributed by atoms with van der Waals surface area (Å²) in [4.78, 5) is 22.6. The van der Waals surface area contributed by atoms with Crippen LogP contribution in [0.15, 0.2) is 24.3 Å². The zero-order chi connectivity index (χ0) is 14.1. The normalized spacial score (nSPS) is 9.79. The summed E-state index contributed by atoms with van der Waals surface area (Å²) in [7, 11) is 0. The van der Waals surface area contributed by atoms with Crippen LogP contribution in [-0.2, 0) is 9.59 Å². The molecular weight excluding hydrogens is 242 g/mol. The Labute approximate surface area is 113 Å². The van der Waals surface area contributed by atoms with Crippen LogP contribution in [0.3, 0.4) is 0 Å². The first kappa shape index (κ1) is 15.0. The van der Waals surface area contributed by atoms with E-state index in [0.29, 0.717) is 13.0 Å². The highest BCUT2D eigenvalue weighted by Crippen LogP contribution is 2.13. The van der Waals surface area contributed by atoms with Gasteiger partial charge in [-0.25, -0.2) is 0 Å². The standard InChI is InChI=1S/C14H21N3O2/c1-3-9-15-14(19)10-16-11-5-7-12(8-6-11)17-13(18)4-2/h5-8,16H,3-4,9-10H2,1-2H3,(H,15,19)(H,17,18). The molecule has 2 amide bonds. The van der Waals surface area contributed by atoms with E-state index >= 15 is 0 Å². The second kappa shape index (κ2) is 8.13. The minimum Gasteiger partial charge on any atom is -0.376 e. The van der Waals surface area contributed by atoms with E-state index in [2.05, 4.69) is 16.0 Å². The van der Waals surface area contributed by atoms with E-state index in [1.54, 1.807) is 19.1 Å². The number of hydrogen-bond donors (Lipinski definition) is 3. The van der Waals surface area contributed by atoms with Crippen molar-refractivity contribution >= 4 is 23.2 Å². The number of rotatable bonds is 7. The number of anilines is 2. The van der Waals surface area contributed by atoms with Gasteiger partial charge in [0, 0.05) is 24.3 Å². The van der Waals surface area contributed by atoms with Crippen LogP contribution in [0, 0.1) is 0 Å². The van der Waals surface area contributed by atoms with Gasteiger partial charge in [0.05, 0.1) is 6.54 Å². The molecule has 0 saturated carbocycles. The summed E-state index contributed by atoms with van der Waals surface area (Å²) in [5.41, 5.74) is 1.61. The van der Waals surface area contributed by atoms with Crippen LogP contribution >= 0.6 is 0 Å². The molecule has 19 heavy (non-hydrogen) atoms. The predicted molar refractivity (Wildman–Crippen MR) is 77.2 cm³/mol. The van der Waals surface area contributed by atoms with Crippen molar-refractivity contribution in [1.29, 1.82) is 0 Å². The third-order valence-electron chi connectivity index (χ3n) is 2.52. The lowest BCUT2D eigenvalue weighted by Crippen LogP contribution is -2.30. The number of nitrogens with one attached hydrogen (secondary N) is 3. The Bertz CT molecular complexity index is 415. The third kappa shape index (κ3) is 5.90. The minimum atomic E-state index is -0.0230. The molecule has 0 aromatic heterocycles. The van der Waals surface area contributed by atoms with Crippen molar-refractivity contribution in [2.24, 2.45) is 0 Å². The fourth-order valence-electron chi connectivity index (χ4n) is 1.43. The predicted octanol–water partition coefficient (Wildman–Crippen LogP) is 1.97. The van der Waals surface area contributed by atoms with E-state index < -0.39 is 0 Å². The third-order valence-corrected chi connectivity index (χ3v) is 2.52. The molecular formula is C14H21N3O2. The Hall–Kier alpha value is -2.04. The molecule has 1 rings (SSSR count). The quantitative estimate of drug-likeness (QED) is 0.704. The summed E-state index contributed by atoms with van der Waals surface area (Å²) >= 11 is 0. The molecule has 5 nitrogen and oxygen atoms in total. The Morgan fingerprint density at radius 1 is 1.00 bits per heavy atom. The maximum absolute atomic E-state index is 11.4. The molecule has 0 spiro atoms. The van der Waals surface area contributed by atoms with E-state index in [-0.39, 0.29) is 18.4 Å². The molecule has 0 fully saturated rings. The number of amides is 2. The summed E-state index contributed by atoms with van der Waals surface area (Å²) in [6.07, 6.45) is 1.38. The van der Waals surface area contributed by atoms with Crippen molar-refractivity contribution in [2.75, 3.05) is 23.7 Å². The maximum atomic E-state index is 11.4. The van der Waals surface area contributed by atoms with Gasteiger partial charge in [-0.1, -0.05) is 13.8 Å². The van der Waals surface area contributed by atoms with Crippen LogP contribution in [0.4, 0.5) is 11.4 Å². The minimum absolute atomic E-state index is 0.0142. The van der Waals surface area contributed by atoms with E-state index in [4.69, 9.17) is 0 Å². The number of hydrogen-bond acceptors (Lipinski definition) is 3. The first-order valence-corrected chi connectivity index (χ1v) is 6.56. The number of carbonyl (C=O) groups excluding carboxylic acids is 2. The van der Waals surface area contributed by atoms with Crippen molar-refractivity contribution < 1.29 is 9.59 Å². The Morgan fingerprint density at radius 2 is 1.63 bits per heavy atom. The van der Waals surface area contributed by atoms with E-state index in [1.807, 2.05) is 19.1 Å². The van der Waals surface area contributed by atoms with Crippen molar-refractivity contribution in [3.63, 3.8) is 0 Å². The number of carbonyl (C=O) groups is 2. The van der Waals surface area contributed by atoms with E-state index in [0.717, 1.165) is 17.8 Å². The Balaban J connectivity index is 2.39. The van der Waals surface area contributed by atoms with E-state index in [1.165, 1.54) is 0 Å². The van der Waals surface area contributed by atoms with Crippen LogP contribution in [0.1, 0.15) is 26.7 Å². The molecule has 1 aromatic carbocycles. The molecule has 0 heterocycles. The van der Waals surface area contributed by atoms with Gasteiger partial charge in [0.25, 0.3) is 0 Å². The van der Waals surface area contributed by atoms with Crippen molar-refractivity contribution in [1.82, 2.24) is 5.32 Å². The highest BCUT2D eigenvalue weighted by molar-refractivity contribution is 5.90. The van der Waals surface area contributed by atoms with Crippen LogP contribution in [-0.4, -0.2) is 24.9 Å². The lowest BCUT2D eigenvalue weighted by Gasteiger charge is -2.08. The summed E-state index contributed by atoms with van der Waals surface area (Å²) in [5.74, 6) is -0.0372. The summed E-state index contributed by atoms with van der Waals surface area (Å²) in [5, 5.41) is 8.58. The van der Waals surface area contributed by atoms with Gasteiger partial charge in [0.2, 0.25) is 11.8 Å². The molecule has 0 saturated heterocycles. The molecule has 1 aromatic rings. The Kier molecular flexibility index (Phi) is 6.43. The van der Waals surface area contributed by atoms with Gasteiger partial charge >= 0.3 is 0 Å². The number of benzene rings is 1. The molecule has 0 bridgehead atoms. The van der Waals surface area contributed by atoms with Crippen molar-refractivity contribution in [3.05, 3.63) is 24.3 Å². The van der Waals surface area contributed by atoms with Gasteiger partial charge in [-0.3, -0.25) is 9.59 Å². The SMILES string of the molecule is CCCNC(=O)CNc1ccc(NC(=O)CC)cc1. The average molecular weight is 263 g/mol. The fourth-order valence-corrected chi connectivity index (χ4v) is 1.43. The summed E-state index contributed by atoms with van der Waals surface area (Å²) in [6, 6.07) is 7.27. The van der Waals surface area contributed by atoms with Gasteiger partial charge in [-0.05, 0) is 30.7 Å². The lowest BCUT2D eigenvalue weighted by molar-refractivity contribution is -0.119. The molecule has 3 N–H and O–H groups in total. The van der Waals surface area contributed by atoms with Crippen LogP contribution in [0.25, 0.3) is 0 Å². The second-order valence-electron chi connectivity index (χ2n) is 4.18. The fraction of sp³-hybridized carbons (Fsp3) is 0.429. The first-order valence-electron chi connectivity index (χ1n) is 6.56. The van der Waals surface area contributed by atoms with Gasteiger partial charge in [0.1, 0.15) is 0 Å². The molecule has 5 heteroatoms. The molecule has 0 aliphatic carbocycles. The molecule has 0 unspecified atom stereocenters. The zero-order valence-electron chi connectivity index (χ0n) is 11.5. The zero-order valence-corrected chi connectivity index (χ0v) is 11.5. The van der Waals surface area contributed by atoms with Crippen LogP contribution < -0.4 is 16.0 Å². The first-order chi connectivity index (χ1) is 9.15. The molecule has 104 valence electrons. The summed E-state index contributed by atoms with van der Waals surface area (Å²) in [6.45, 7) is 4.76. The highest BCUT2D eigenvalue weighted by atomic mass is 16.2.